The van der Waals surface area contributed by atoms with Crippen molar-refractivity contribution in [3.8, 4) is 11.5 Å². The Kier molecular flexibility index (Phi) is 6.32. The third-order valence-corrected chi connectivity index (χ3v) is 4.15. The highest BCUT2D eigenvalue weighted by Crippen LogP contribution is 2.32. The third kappa shape index (κ3) is 4.41. The Balaban J connectivity index is 0.00000210. The maximum absolute atomic E-state index is 5.40. The summed E-state index contributed by atoms with van der Waals surface area (Å²) in [6.07, 6.45) is 2.72. The van der Waals surface area contributed by atoms with E-state index in [4.69, 9.17) is 9.47 Å². The van der Waals surface area contributed by atoms with Gasteiger partial charge in [-0.3, -0.25) is 9.39 Å². The normalized spacial score (nSPS) is 12.7. The molecular formula is C18H21IN6O2. The molecule has 0 unspecified atom stereocenters. The number of hydrogen-bond acceptors (Lipinski definition) is 5. The van der Waals surface area contributed by atoms with Gasteiger partial charge in [0.15, 0.2) is 23.1 Å². The Labute approximate surface area is 174 Å². The molecule has 2 aromatic heterocycles. The van der Waals surface area contributed by atoms with E-state index in [-0.39, 0.29) is 30.8 Å². The lowest BCUT2D eigenvalue weighted by Crippen LogP contribution is -2.38. The molecule has 3 aromatic rings. The van der Waals surface area contributed by atoms with Gasteiger partial charge in [0, 0.05) is 32.8 Å². The van der Waals surface area contributed by atoms with E-state index in [9.17, 15) is 0 Å². The van der Waals surface area contributed by atoms with E-state index in [0.29, 0.717) is 13.1 Å². The van der Waals surface area contributed by atoms with Crippen LogP contribution in [-0.4, -0.2) is 40.9 Å². The number of nitrogens with zero attached hydrogens (tertiary/aromatic N) is 4. The second-order valence-electron chi connectivity index (χ2n) is 5.84. The van der Waals surface area contributed by atoms with Crippen LogP contribution in [0.1, 0.15) is 11.4 Å². The van der Waals surface area contributed by atoms with E-state index in [1.54, 1.807) is 7.05 Å². The van der Waals surface area contributed by atoms with Crippen LogP contribution in [0.15, 0.2) is 47.6 Å². The Morgan fingerprint density at radius 2 is 2.04 bits per heavy atom. The van der Waals surface area contributed by atoms with Gasteiger partial charge in [-0.25, -0.2) is 0 Å². The number of aliphatic imine (C=N–C) groups is 1. The number of aromatic nitrogens is 3. The number of guanidine groups is 1. The minimum atomic E-state index is 0. The summed E-state index contributed by atoms with van der Waals surface area (Å²) in [5.41, 5.74) is 1.95. The zero-order chi connectivity index (χ0) is 17.8. The lowest BCUT2D eigenvalue weighted by Gasteiger charge is -2.12. The van der Waals surface area contributed by atoms with E-state index < -0.39 is 0 Å². The van der Waals surface area contributed by atoms with Gasteiger partial charge in [0.25, 0.3) is 0 Å². The van der Waals surface area contributed by atoms with Crippen molar-refractivity contribution in [2.75, 3.05) is 20.4 Å². The van der Waals surface area contributed by atoms with Crippen molar-refractivity contribution in [1.82, 2.24) is 25.2 Å². The van der Waals surface area contributed by atoms with Crippen LogP contribution in [0.2, 0.25) is 0 Å². The Morgan fingerprint density at radius 1 is 1.15 bits per heavy atom. The third-order valence-electron chi connectivity index (χ3n) is 4.15. The predicted octanol–water partition coefficient (Wildman–Crippen LogP) is 1.98. The first kappa shape index (κ1) is 19.2. The molecule has 1 aliphatic heterocycles. The molecule has 0 bridgehead atoms. The Hall–Kier alpha value is -2.56. The molecule has 142 valence electrons. The van der Waals surface area contributed by atoms with E-state index in [1.807, 2.05) is 47.0 Å². The molecule has 1 aromatic carbocycles. The molecule has 0 aliphatic carbocycles. The summed E-state index contributed by atoms with van der Waals surface area (Å²) in [4.78, 5) is 4.25. The van der Waals surface area contributed by atoms with Crippen LogP contribution in [0.5, 0.6) is 11.5 Å². The number of halogens is 1. The molecule has 0 saturated heterocycles. The van der Waals surface area contributed by atoms with Crippen molar-refractivity contribution in [2.24, 2.45) is 4.99 Å². The number of fused-ring (bicyclic) bond motifs is 2. The molecule has 8 nitrogen and oxygen atoms in total. The lowest BCUT2D eigenvalue weighted by molar-refractivity contribution is 0.174. The highest BCUT2D eigenvalue weighted by Gasteiger charge is 2.13. The molecule has 0 fully saturated rings. The number of rotatable bonds is 5. The van der Waals surface area contributed by atoms with Crippen LogP contribution in [0, 0.1) is 0 Å². The van der Waals surface area contributed by atoms with Crippen LogP contribution in [0.4, 0.5) is 0 Å². The Bertz CT molecular complexity index is 943. The molecule has 0 radical (unpaired) electrons. The molecule has 2 N–H and O–H groups in total. The van der Waals surface area contributed by atoms with E-state index in [0.717, 1.165) is 40.9 Å². The van der Waals surface area contributed by atoms with Crippen molar-refractivity contribution in [3.05, 3.63) is 54.0 Å². The highest BCUT2D eigenvalue weighted by atomic mass is 127. The van der Waals surface area contributed by atoms with Gasteiger partial charge in [-0.05, 0) is 29.8 Å². The predicted molar refractivity (Wildman–Crippen MR) is 113 cm³/mol. The molecule has 0 amide bonds. The van der Waals surface area contributed by atoms with Crippen LogP contribution in [0.3, 0.4) is 0 Å². The monoisotopic (exact) mass is 480 g/mol. The smallest absolute Gasteiger partial charge is 0.231 e. The largest absolute Gasteiger partial charge is 0.454 e. The molecule has 0 atom stereocenters. The fourth-order valence-corrected chi connectivity index (χ4v) is 2.81. The van der Waals surface area contributed by atoms with Crippen molar-refractivity contribution in [3.63, 3.8) is 0 Å². The fourth-order valence-electron chi connectivity index (χ4n) is 2.81. The van der Waals surface area contributed by atoms with Crippen molar-refractivity contribution >= 4 is 35.6 Å². The molecule has 9 heteroatoms. The summed E-state index contributed by atoms with van der Waals surface area (Å²) in [6, 6.07) is 11.8. The highest BCUT2D eigenvalue weighted by molar-refractivity contribution is 14.0. The van der Waals surface area contributed by atoms with Crippen LogP contribution in [0.25, 0.3) is 5.65 Å². The molecule has 4 rings (SSSR count). The number of hydrogen-bond donors (Lipinski definition) is 2. The lowest BCUT2D eigenvalue weighted by atomic mass is 10.2. The number of benzene rings is 1. The minimum Gasteiger partial charge on any atom is -0.454 e. The quantitative estimate of drug-likeness (QED) is 0.330. The SMILES string of the molecule is CN=C(NCCc1nnc2ccccn12)NCc1ccc2c(c1)OCO2.I. The molecular weight excluding hydrogens is 459 g/mol. The summed E-state index contributed by atoms with van der Waals surface area (Å²) in [5, 5.41) is 15.0. The summed E-state index contributed by atoms with van der Waals surface area (Å²) >= 11 is 0. The van der Waals surface area contributed by atoms with Gasteiger partial charge in [0.1, 0.15) is 5.82 Å². The molecule has 0 spiro atoms. The van der Waals surface area contributed by atoms with Gasteiger partial charge in [-0.15, -0.1) is 34.2 Å². The summed E-state index contributed by atoms with van der Waals surface area (Å²) in [7, 11) is 1.75. The van der Waals surface area contributed by atoms with Gasteiger partial charge in [0.2, 0.25) is 6.79 Å². The molecule has 27 heavy (non-hydrogen) atoms. The van der Waals surface area contributed by atoms with Crippen molar-refractivity contribution < 1.29 is 9.47 Å². The number of pyridine rings is 1. The van der Waals surface area contributed by atoms with Crippen molar-refractivity contribution in [2.45, 2.75) is 13.0 Å². The standard InChI is InChI=1S/C18H20N6O2.HI/c1-19-18(21-11-13-5-6-14-15(10-13)26-12-25-14)20-8-7-17-23-22-16-4-2-3-9-24(16)17;/h2-6,9-10H,7-8,11-12H2,1H3,(H2,19,20,21);1H. The van der Waals surface area contributed by atoms with Crippen LogP contribution in [-0.2, 0) is 13.0 Å². The van der Waals surface area contributed by atoms with Gasteiger partial charge >= 0.3 is 0 Å². The van der Waals surface area contributed by atoms with Crippen LogP contribution >= 0.6 is 24.0 Å². The summed E-state index contributed by atoms with van der Waals surface area (Å²) < 4.78 is 12.7. The average molecular weight is 480 g/mol. The summed E-state index contributed by atoms with van der Waals surface area (Å²) in [6.45, 7) is 1.63. The van der Waals surface area contributed by atoms with Gasteiger partial charge < -0.3 is 20.1 Å². The van der Waals surface area contributed by atoms with E-state index in [1.165, 1.54) is 0 Å². The van der Waals surface area contributed by atoms with Crippen molar-refractivity contribution in [1.29, 1.82) is 0 Å². The average Bonchev–Trinajstić information content (AvgIpc) is 3.31. The van der Waals surface area contributed by atoms with Crippen LogP contribution < -0.4 is 20.1 Å². The minimum absolute atomic E-state index is 0. The van der Waals surface area contributed by atoms with Gasteiger partial charge in [-0.2, -0.15) is 0 Å². The molecule has 1 aliphatic rings. The van der Waals surface area contributed by atoms with E-state index >= 15 is 0 Å². The van der Waals surface area contributed by atoms with Gasteiger partial charge in [0.05, 0.1) is 0 Å². The Morgan fingerprint density at radius 3 is 2.93 bits per heavy atom. The first-order valence-electron chi connectivity index (χ1n) is 8.45. The zero-order valence-electron chi connectivity index (χ0n) is 14.9. The second kappa shape index (κ2) is 8.89. The fraction of sp³-hybridized carbons (Fsp3) is 0.278. The maximum atomic E-state index is 5.40. The first-order chi connectivity index (χ1) is 12.8. The first-order valence-corrected chi connectivity index (χ1v) is 8.45. The number of nitrogens with one attached hydrogen (secondary N) is 2. The second-order valence-corrected chi connectivity index (χ2v) is 5.84. The molecule has 3 heterocycles. The topological polar surface area (TPSA) is 85.1 Å². The maximum Gasteiger partial charge on any atom is 0.231 e. The zero-order valence-corrected chi connectivity index (χ0v) is 17.2. The molecule has 0 saturated carbocycles. The number of ether oxygens (including phenoxy) is 2. The van der Waals surface area contributed by atoms with Gasteiger partial charge in [-0.1, -0.05) is 12.1 Å². The summed E-state index contributed by atoms with van der Waals surface area (Å²) in [5.74, 6) is 3.22. The van der Waals surface area contributed by atoms with E-state index in [2.05, 4.69) is 25.8 Å².